The Kier molecular flexibility index (Phi) is 5.78. The van der Waals surface area contributed by atoms with E-state index in [0.29, 0.717) is 11.3 Å². The molecule has 0 bridgehead atoms. The van der Waals surface area contributed by atoms with Gasteiger partial charge in [-0.2, -0.15) is 0 Å². The lowest BCUT2D eigenvalue weighted by Crippen LogP contribution is -1.96. The Balaban J connectivity index is 2.05. The van der Waals surface area contributed by atoms with Crippen LogP contribution in [0.3, 0.4) is 0 Å². The van der Waals surface area contributed by atoms with Gasteiger partial charge in [0.25, 0.3) is 0 Å². The molecule has 0 radical (unpaired) electrons. The summed E-state index contributed by atoms with van der Waals surface area (Å²) in [6.07, 6.45) is 0. The molecule has 0 heterocycles. The van der Waals surface area contributed by atoms with Gasteiger partial charge < -0.3 is 19.7 Å². The molecule has 4 nitrogen and oxygen atoms in total. The summed E-state index contributed by atoms with van der Waals surface area (Å²) < 4.78 is 11.1. The van der Waals surface area contributed by atoms with Crippen LogP contribution in [0.2, 0.25) is 0 Å². The zero-order valence-corrected chi connectivity index (χ0v) is 18.6. The third-order valence-electron chi connectivity index (χ3n) is 5.69. The van der Waals surface area contributed by atoms with Crippen molar-refractivity contribution in [2.45, 2.75) is 13.8 Å². The van der Waals surface area contributed by atoms with E-state index in [-0.39, 0.29) is 11.5 Å². The van der Waals surface area contributed by atoms with Crippen molar-refractivity contribution in [2.24, 2.45) is 0 Å². The Morgan fingerprint density at radius 2 is 1.28 bits per heavy atom. The number of benzene rings is 4. The molecule has 0 saturated heterocycles. The fraction of sp³-hybridized carbons (Fsp3) is 0.143. The first-order chi connectivity index (χ1) is 15.4. The Hall–Kier alpha value is -3.92. The second-order valence-electron chi connectivity index (χ2n) is 7.82. The van der Waals surface area contributed by atoms with E-state index in [1.54, 1.807) is 26.4 Å². The molecule has 0 aliphatic carbocycles. The first kappa shape index (κ1) is 21.3. The molecular weight excluding hydrogens is 400 g/mol. The molecule has 0 aromatic heterocycles. The monoisotopic (exact) mass is 426 g/mol. The van der Waals surface area contributed by atoms with E-state index in [2.05, 4.69) is 6.07 Å². The number of aromatic hydroxyl groups is 2. The average molecular weight is 427 g/mol. The van der Waals surface area contributed by atoms with Gasteiger partial charge in [-0.05, 0) is 72.0 Å². The summed E-state index contributed by atoms with van der Waals surface area (Å²) in [6, 6.07) is 22.8. The summed E-state index contributed by atoms with van der Waals surface area (Å²) >= 11 is 0. The number of aryl methyl sites for hydroxylation is 2. The molecule has 162 valence electrons. The van der Waals surface area contributed by atoms with Gasteiger partial charge >= 0.3 is 0 Å². The van der Waals surface area contributed by atoms with E-state index in [4.69, 9.17) is 9.47 Å². The first-order valence-corrected chi connectivity index (χ1v) is 10.4. The van der Waals surface area contributed by atoms with Gasteiger partial charge in [-0.15, -0.1) is 0 Å². The van der Waals surface area contributed by atoms with Crippen molar-refractivity contribution in [1.82, 2.24) is 0 Å². The van der Waals surface area contributed by atoms with Gasteiger partial charge in [0.2, 0.25) is 0 Å². The highest BCUT2D eigenvalue weighted by atomic mass is 16.5. The van der Waals surface area contributed by atoms with Crippen LogP contribution in [0.5, 0.6) is 23.0 Å². The van der Waals surface area contributed by atoms with Gasteiger partial charge in [0.1, 0.15) is 11.5 Å². The molecule has 4 aromatic rings. The second-order valence-corrected chi connectivity index (χ2v) is 7.82. The van der Waals surface area contributed by atoms with E-state index in [0.717, 1.165) is 44.7 Å². The van der Waals surface area contributed by atoms with E-state index in [9.17, 15) is 10.2 Å². The summed E-state index contributed by atoms with van der Waals surface area (Å²) in [5.41, 5.74) is 7.32. The number of phenolic OH excluding ortho intramolecular Hbond substituents is 2. The molecule has 2 N–H and O–H groups in total. The highest BCUT2D eigenvalue weighted by molar-refractivity contribution is 5.95. The molecule has 0 spiro atoms. The van der Waals surface area contributed by atoms with Crippen molar-refractivity contribution < 1.29 is 19.7 Å². The number of rotatable bonds is 5. The van der Waals surface area contributed by atoms with Crippen LogP contribution in [-0.4, -0.2) is 24.4 Å². The maximum absolute atomic E-state index is 11.3. The third-order valence-corrected chi connectivity index (χ3v) is 5.69. The average Bonchev–Trinajstić information content (AvgIpc) is 2.80. The van der Waals surface area contributed by atoms with Crippen molar-refractivity contribution in [3.05, 3.63) is 83.9 Å². The minimum Gasteiger partial charge on any atom is -0.508 e. The van der Waals surface area contributed by atoms with Gasteiger partial charge in [0, 0.05) is 11.1 Å². The lowest BCUT2D eigenvalue weighted by Gasteiger charge is -2.20. The van der Waals surface area contributed by atoms with Gasteiger partial charge in [0.05, 0.1) is 14.2 Å². The lowest BCUT2D eigenvalue weighted by molar-refractivity contribution is 0.376. The van der Waals surface area contributed by atoms with Crippen molar-refractivity contribution in [1.29, 1.82) is 0 Å². The SMILES string of the molecule is COc1ccc(-c2cc(-c3ccc(C)cc3C)c(O)c(OC)c2-c2ccc(O)cc2)cc1. The summed E-state index contributed by atoms with van der Waals surface area (Å²) in [4.78, 5) is 0. The standard InChI is InChI=1S/C28H26O4/c1-17-5-14-23(18(2)15-17)25-16-24(19-8-12-22(31-3)13-9-19)26(28(32-4)27(25)30)20-6-10-21(29)11-7-20/h5-16,29-30H,1-4H3. The van der Waals surface area contributed by atoms with Crippen LogP contribution >= 0.6 is 0 Å². The minimum atomic E-state index is 0.0831. The van der Waals surface area contributed by atoms with E-state index < -0.39 is 0 Å². The predicted octanol–water partition coefficient (Wildman–Crippen LogP) is 6.73. The number of phenols is 2. The Morgan fingerprint density at radius 1 is 0.625 bits per heavy atom. The van der Waals surface area contributed by atoms with Crippen molar-refractivity contribution in [3.63, 3.8) is 0 Å². The molecule has 0 amide bonds. The minimum absolute atomic E-state index is 0.0831. The smallest absolute Gasteiger partial charge is 0.169 e. The van der Waals surface area contributed by atoms with Crippen molar-refractivity contribution >= 4 is 0 Å². The van der Waals surface area contributed by atoms with Gasteiger partial charge in [-0.1, -0.05) is 48.0 Å². The summed E-state index contributed by atoms with van der Waals surface area (Å²) in [5, 5.41) is 21.1. The molecule has 0 saturated carbocycles. The number of methoxy groups -OCH3 is 2. The molecule has 4 aromatic carbocycles. The van der Waals surface area contributed by atoms with Crippen LogP contribution in [0, 0.1) is 13.8 Å². The number of ether oxygens (including phenoxy) is 2. The topological polar surface area (TPSA) is 58.9 Å². The van der Waals surface area contributed by atoms with E-state index in [1.165, 1.54) is 0 Å². The number of hydrogen-bond acceptors (Lipinski definition) is 4. The molecule has 4 heteroatoms. The Bertz CT molecular complexity index is 1260. The van der Waals surface area contributed by atoms with Crippen LogP contribution in [0.1, 0.15) is 11.1 Å². The summed E-state index contributed by atoms with van der Waals surface area (Å²) in [6.45, 7) is 4.09. The quantitative estimate of drug-likeness (QED) is 0.371. The summed E-state index contributed by atoms with van der Waals surface area (Å²) in [5.74, 6) is 1.41. The van der Waals surface area contributed by atoms with Crippen LogP contribution < -0.4 is 9.47 Å². The van der Waals surface area contributed by atoms with Gasteiger partial charge in [0.15, 0.2) is 11.5 Å². The first-order valence-electron chi connectivity index (χ1n) is 10.4. The molecule has 0 aliphatic heterocycles. The molecular formula is C28H26O4. The molecule has 0 unspecified atom stereocenters. The van der Waals surface area contributed by atoms with E-state index in [1.807, 2.05) is 68.4 Å². The van der Waals surface area contributed by atoms with Crippen LogP contribution in [0.4, 0.5) is 0 Å². The zero-order chi connectivity index (χ0) is 22.8. The van der Waals surface area contributed by atoms with Crippen LogP contribution in [0.25, 0.3) is 33.4 Å². The largest absolute Gasteiger partial charge is 0.508 e. The van der Waals surface area contributed by atoms with Gasteiger partial charge in [-0.25, -0.2) is 0 Å². The maximum atomic E-state index is 11.3. The van der Waals surface area contributed by atoms with Gasteiger partial charge in [-0.3, -0.25) is 0 Å². The van der Waals surface area contributed by atoms with Crippen molar-refractivity contribution in [2.75, 3.05) is 14.2 Å². The van der Waals surface area contributed by atoms with Crippen LogP contribution in [-0.2, 0) is 0 Å². The third kappa shape index (κ3) is 3.87. The molecule has 0 fully saturated rings. The lowest BCUT2D eigenvalue weighted by atomic mass is 9.88. The Morgan fingerprint density at radius 3 is 1.88 bits per heavy atom. The fourth-order valence-corrected chi connectivity index (χ4v) is 4.08. The fourth-order valence-electron chi connectivity index (χ4n) is 4.08. The Labute approximate surface area is 188 Å². The molecule has 32 heavy (non-hydrogen) atoms. The van der Waals surface area contributed by atoms with Crippen molar-refractivity contribution in [3.8, 4) is 56.4 Å². The highest BCUT2D eigenvalue weighted by Crippen LogP contribution is 2.50. The number of hydrogen-bond donors (Lipinski definition) is 2. The zero-order valence-electron chi connectivity index (χ0n) is 18.6. The molecule has 0 aliphatic rings. The highest BCUT2D eigenvalue weighted by Gasteiger charge is 2.22. The van der Waals surface area contributed by atoms with E-state index >= 15 is 0 Å². The predicted molar refractivity (Wildman–Crippen MR) is 129 cm³/mol. The normalized spacial score (nSPS) is 10.8. The summed E-state index contributed by atoms with van der Waals surface area (Å²) in [7, 11) is 3.20. The molecule has 0 atom stereocenters. The van der Waals surface area contributed by atoms with Crippen LogP contribution in [0.15, 0.2) is 72.8 Å². The second kappa shape index (κ2) is 8.67. The maximum Gasteiger partial charge on any atom is 0.169 e. The molecule has 4 rings (SSSR count).